The van der Waals surface area contributed by atoms with Gasteiger partial charge in [-0.25, -0.2) is 0 Å². The summed E-state index contributed by atoms with van der Waals surface area (Å²) in [5.74, 6) is 0.583. The fraction of sp³-hybridized carbons (Fsp3) is 0. The van der Waals surface area contributed by atoms with E-state index in [9.17, 15) is 9.59 Å². The third-order valence-electron chi connectivity index (χ3n) is 5.22. The molecule has 0 fully saturated rings. The Morgan fingerprint density at radius 3 is 1.28 bits per heavy atom. The van der Waals surface area contributed by atoms with Crippen molar-refractivity contribution in [2.24, 2.45) is 0 Å². The molecule has 0 aliphatic carbocycles. The number of amides is 2. The third-order valence-corrected chi connectivity index (χ3v) is 6.70. The van der Waals surface area contributed by atoms with Crippen molar-refractivity contribution in [2.75, 3.05) is 10.6 Å². The molecule has 196 valence electrons. The predicted molar refractivity (Wildman–Crippen MR) is 161 cm³/mol. The zero-order valence-electron chi connectivity index (χ0n) is 20.1. The highest BCUT2D eigenvalue weighted by atomic mass is 35.5. The van der Waals surface area contributed by atoms with E-state index < -0.39 is 0 Å². The minimum atomic E-state index is -0.292. The summed E-state index contributed by atoms with van der Waals surface area (Å²) in [6, 6.07) is 24.1. The van der Waals surface area contributed by atoms with Crippen molar-refractivity contribution in [3.05, 3.63) is 128 Å². The van der Waals surface area contributed by atoms with Crippen molar-refractivity contribution in [2.45, 2.75) is 0 Å². The zero-order chi connectivity index (χ0) is 27.8. The van der Waals surface area contributed by atoms with Crippen LogP contribution in [-0.4, -0.2) is 11.8 Å². The highest BCUT2D eigenvalue weighted by molar-refractivity contribution is 6.42. The van der Waals surface area contributed by atoms with Crippen molar-refractivity contribution in [1.82, 2.24) is 0 Å². The number of ether oxygens (including phenoxy) is 1. The molecule has 0 bridgehead atoms. The Bertz CT molecular complexity index is 1430. The summed E-state index contributed by atoms with van der Waals surface area (Å²) in [7, 11) is 0. The number of carbonyl (C=O) groups is 2. The quantitative estimate of drug-likeness (QED) is 0.199. The molecule has 9 heteroatoms. The van der Waals surface area contributed by atoms with Gasteiger partial charge < -0.3 is 15.4 Å². The van der Waals surface area contributed by atoms with E-state index in [1.807, 2.05) is 0 Å². The molecule has 0 heterocycles. The molecule has 0 aromatic heterocycles. The van der Waals surface area contributed by atoms with Gasteiger partial charge in [-0.15, -0.1) is 0 Å². The Kier molecular flexibility index (Phi) is 9.69. The fourth-order valence-electron chi connectivity index (χ4n) is 3.29. The Labute approximate surface area is 245 Å². The average Bonchev–Trinajstić information content (AvgIpc) is 2.92. The van der Waals surface area contributed by atoms with E-state index >= 15 is 0 Å². The molecule has 5 nitrogen and oxygen atoms in total. The molecule has 0 aliphatic rings. The van der Waals surface area contributed by atoms with E-state index in [0.29, 0.717) is 43.0 Å². The smallest absolute Gasteiger partial charge is 0.248 e. The molecule has 4 rings (SSSR count). The van der Waals surface area contributed by atoms with Crippen LogP contribution in [0.15, 0.2) is 97.1 Å². The van der Waals surface area contributed by atoms with Gasteiger partial charge in [0.1, 0.15) is 11.5 Å². The minimum Gasteiger partial charge on any atom is -0.457 e. The second kappa shape index (κ2) is 13.4. The Hall–Kier alpha value is -3.74. The highest BCUT2D eigenvalue weighted by Crippen LogP contribution is 2.26. The van der Waals surface area contributed by atoms with Gasteiger partial charge in [0.05, 0.1) is 20.1 Å². The van der Waals surface area contributed by atoms with Crippen molar-refractivity contribution < 1.29 is 14.3 Å². The normalized spacial score (nSPS) is 11.1. The lowest BCUT2D eigenvalue weighted by atomic mass is 10.2. The summed E-state index contributed by atoms with van der Waals surface area (Å²) < 4.78 is 5.85. The lowest BCUT2D eigenvalue weighted by molar-refractivity contribution is -0.112. The van der Waals surface area contributed by atoms with Crippen LogP contribution in [0.25, 0.3) is 12.2 Å². The standard InChI is InChI=1S/C30H20Cl4N2O3/c31-25-13-1-19(17-27(25)33)3-15-29(37)35-21-5-9-23(10-6-21)39-24-11-7-22(8-12-24)36-30(38)16-4-20-2-14-26(32)28(34)18-20/h1-18H,(H,35,37)(H,36,38)/b15-3+,16-4+. The lowest BCUT2D eigenvalue weighted by Gasteiger charge is -2.08. The van der Waals surface area contributed by atoms with E-state index in [2.05, 4.69) is 10.6 Å². The van der Waals surface area contributed by atoms with Crippen LogP contribution in [0, 0.1) is 0 Å². The van der Waals surface area contributed by atoms with Gasteiger partial charge in [-0.3, -0.25) is 9.59 Å². The first-order chi connectivity index (χ1) is 18.7. The van der Waals surface area contributed by atoms with Crippen LogP contribution >= 0.6 is 46.4 Å². The van der Waals surface area contributed by atoms with Crippen LogP contribution in [0.3, 0.4) is 0 Å². The van der Waals surface area contributed by atoms with E-state index in [1.54, 1.807) is 97.1 Å². The summed E-state index contributed by atoms with van der Waals surface area (Å²) in [5.41, 5.74) is 2.73. The molecular formula is C30H20Cl4N2O3. The Morgan fingerprint density at radius 2 is 0.923 bits per heavy atom. The maximum Gasteiger partial charge on any atom is 0.248 e. The van der Waals surface area contributed by atoms with Gasteiger partial charge in [0.25, 0.3) is 0 Å². The number of hydrogen-bond donors (Lipinski definition) is 2. The maximum absolute atomic E-state index is 12.2. The van der Waals surface area contributed by atoms with Crippen molar-refractivity contribution in [1.29, 1.82) is 0 Å². The van der Waals surface area contributed by atoms with Gasteiger partial charge in [-0.2, -0.15) is 0 Å². The topological polar surface area (TPSA) is 67.4 Å². The average molecular weight is 598 g/mol. The minimum absolute atomic E-state index is 0.292. The first kappa shape index (κ1) is 28.3. The van der Waals surface area contributed by atoms with Crippen LogP contribution in [0.2, 0.25) is 20.1 Å². The molecule has 0 radical (unpaired) electrons. The molecule has 0 saturated heterocycles. The van der Waals surface area contributed by atoms with Gasteiger partial charge in [0.2, 0.25) is 11.8 Å². The second-order valence-electron chi connectivity index (χ2n) is 8.14. The van der Waals surface area contributed by atoms with E-state index in [4.69, 9.17) is 51.1 Å². The highest BCUT2D eigenvalue weighted by Gasteiger charge is 2.04. The van der Waals surface area contributed by atoms with Crippen LogP contribution in [0.1, 0.15) is 11.1 Å². The summed E-state index contributed by atoms with van der Waals surface area (Å²) in [5, 5.41) is 7.31. The van der Waals surface area contributed by atoms with Crippen LogP contribution in [0.4, 0.5) is 11.4 Å². The monoisotopic (exact) mass is 596 g/mol. The molecule has 0 saturated carbocycles. The molecule has 0 atom stereocenters. The molecule has 0 unspecified atom stereocenters. The number of halogens is 4. The first-order valence-corrected chi connectivity index (χ1v) is 13.0. The third kappa shape index (κ3) is 8.63. The molecule has 0 spiro atoms. The number of nitrogens with one attached hydrogen (secondary N) is 2. The fourth-order valence-corrected chi connectivity index (χ4v) is 3.91. The zero-order valence-corrected chi connectivity index (χ0v) is 23.2. The number of rotatable bonds is 8. The van der Waals surface area contributed by atoms with Gasteiger partial charge in [0, 0.05) is 23.5 Å². The molecular weight excluding hydrogens is 578 g/mol. The number of hydrogen-bond acceptors (Lipinski definition) is 3. The first-order valence-electron chi connectivity index (χ1n) is 11.5. The number of anilines is 2. The maximum atomic E-state index is 12.2. The largest absolute Gasteiger partial charge is 0.457 e. The summed E-state index contributed by atoms with van der Waals surface area (Å²) in [4.78, 5) is 24.5. The molecule has 2 amide bonds. The van der Waals surface area contributed by atoms with Gasteiger partial charge >= 0.3 is 0 Å². The van der Waals surface area contributed by atoms with Gasteiger partial charge in [0.15, 0.2) is 0 Å². The van der Waals surface area contributed by atoms with Crippen LogP contribution < -0.4 is 15.4 Å². The van der Waals surface area contributed by atoms with Crippen molar-refractivity contribution in [3.63, 3.8) is 0 Å². The van der Waals surface area contributed by atoms with Crippen molar-refractivity contribution >= 4 is 81.7 Å². The summed E-state index contributed by atoms with van der Waals surface area (Å²) >= 11 is 23.8. The molecule has 2 N–H and O–H groups in total. The predicted octanol–water partition coefficient (Wildman–Crippen LogP) is 9.40. The molecule has 4 aromatic carbocycles. The molecule has 4 aromatic rings. The Morgan fingerprint density at radius 1 is 0.538 bits per heavy atom. The Balaban J connectivity index is 1.27. The molecule has 0 aliphatic heterocycles. The second-order valence-corrected chi connectivity index (χ2v) is 9.77. The van der Waals surface area contributed by atoms with Gasteiger partial charge in [-0.05, 0) is 96.1 Å². The van der Waals surface area contributed by atoms with Crippen LogP contribution in [-0.2, 0) is 9.59 Å². The van der Waals surface area contributed by atoms with E-state index in [1.165, 1.54) is 12.2 Å². The van der Waals surface area contributed by atoms with Crippen molar-refractivity contribution in [3.8, 4) is 11.5 Å². The van der Waals surface area contributed by atoms with Gasteiger partial charge in [-0.1, -0.05) is 58.5 Å². The number of carbonyl (C=O) groups excluding carboxylic acids is 2. The SMILES string of the molecule is O=C(/C=C/c1ccc(Cl)c(Cl)c1)Nc1ccc(Oc2ccc(NC(=O)/C=C/c3ccc(Cl)c(Cl)c3)cc2)cc1. The summed E-state index contributed by atoms with van der Waals surface area (Å²) in [6.07, 6.45) is 6.11. The lowest BCUT2D eigenvalue weighted by Crippen LogP contribution is -2.07. The van der Waals surface area contributed by atoms with E-state index in [0.717, 1.165) is 11.1 Å². The molecule has 39 heavy (non-hydrogen) atoms. The summed E-state index contributed by atoms with van der Waals surface area (Å²) in [6.45, 7) is 0. The number of benzene rings is 4. The van der Waals surface area contributed by atoms with Crippen LogP contribution in [0.5, 0.6) is 11.5 Å². The van der Waals surface area contributed by atoms with E-state index in [-0.39, 0.29) is 11.8 Å².